The third kappa shape index (κ3) is 13.5. The molecule has 4 N–H and O–H groups in total. The molecule has 2 aliphatic rings. The summed E-state index contributed by atoms with van der Waals surface area (Å²) >= 11 is 0. The Morgan fingerprint density at radius 1 is 0.711 bits per heavy atom. The van der Waals surface area contributed by atoms with Crippen LogP contribution in [0.25, 0.3) is 0 Å². The van der Waals surface area contributed by atoms with Crippen LogP contribution in [0.2, 0.25) is 0 Å². The number of nitrogens with zero attached hydrogens (tertiary/aromatic N) is 1. The number of piperidine rings is 2. The first-order valence-corrected chi connectivity index (χ1v) is 15.6. The van der Waals surface area contributed by atoms with Crippen LogP contribution in [0, 0.1) is 11.8 Å². The second-order valence-electron chi connectivity index (χ2n) is 11.2. The number of methoxy groups -OCH3 is 4. The number of carbonyl (C=O) groups is 2. The van der Waals surface area contributed by atoms with E-state index < -0.39 is 5.97 Å². The van der Waals surface area contributed by atoms with Crippen LogP contribution in [0.4, 0.5) is 0 Å². The Hall–Kier alpha value is -3.54. The summed E-state index contributed by atoms with van der Waals surface area (Å²) in [5.41, 5.74) is 1.62. The molecule has 2 aromatic carbocycles. The summed E-state index contributed by atoms with van der Waals surface area (Å²) in [6.45, 7) is 4.47. The molecule has 0 bridgehead atoms. The van der Waals surface area contributed by atoms with E-state index in [1.54, 1.807) is 32.4 Å². The van der Waals surface area contributed by atoms with Gasteiger partial charge in [-0.25, -0.2) is 0 Å². The zero-order valence-corrected chi connectivity index (χ0v) is 27.3. The number of aliphatic hydroxyl groups is 2. The lowest BCUT2D eigenvalue weighted by Gasteiger charge is -2.32. The highest BCUT2D eigenvalue weighted by Gasteiger charge is 2.22. The Labute approximate surface area is 267 Å². The highest BCUT2D eigenvalue weighted by molar-refractivity contribution is 5.79. The lowest BCUT2D eigenvalue weighted by molar-refractivity contribution is -0.136. The molecule has 2 fully saturated rings. The number of hydrogen-bond donors (Lipinski definition) is 4. The van der Waals surface area contributed by atoms with Crippen molar-refractivity contribution in [1.29, 1.82) is 0 Å². The van der Waals surface area contributed by atoms with Gasteiger partial charge in [0.05, 0.1) is 41.3 Å². The van der Waals surface area contributed by atoms with Crippen LogP contribution in [0.3, 0.4) is 0 Å². The van der Waals surface area contributed by atoms with Gasteiger partial charge in [0.15, 0.2) is 23.0 Å². The standard InChI is InChI=1S/C17H25NO4.C10H12O4.C7H15NO/c1-21-15-4-3-14(11-16(15)22-2)12-17(20)18-8-5-13(6-9-18)7-10-19;1-13-8-4-3-7(6-10(11)12)5-9(8)14-2;9-6-3-7-1-4-8-5-2-7/h3-4,11,13,19H,5-10,12H2,1-2H3;3-5H,6H2,1-2H3,(H,11,12);7-9H,1-6H2. The van der Waals surface area contributed by atoms with Crippen molar-refractivity contribution in [2.24, 2.45) is 11.8 Å². The van der Waals surface area contributed by atoms with Crippen LogP contribution in [0.5, 0.6) is 23.0 Å². The summed E-state index contributed by atoms with van der Waals surface area (Å²) in [6.07, 6.45) is 6.68. The van der Waals surface area contributed by atoms with E-state index >= 15 is 0 Å². The van der Waals surface area contributed by atoms with Crippen LogP contribution >= 0.6 is 0 Å². The van der Waals surface area contributed by atoms with E-state index in [1.165, 1.54) is 27.1 Å². The molecule has 0 unspecified atom stereocenters. The van der Waals surface area contributed by atoms with Gasteiger partial charge in [0.2, 0.25) is 5.91 Å². The van der Waals surface area contributed by atoms with E-state index in [1.807, 2.05) is 23.1 Å². The number of ether oxygens (including phenoxy) is 4. The van der Waals surface area contributed by atoms with Gasteiger partial charge in [0.1, 0.15) is 0 Å². The Kier molecular flexibility index (Phi) is 17.8. The van der Waals surface area contributed by atoms with Crippen LogP contribution in [-0.4, -0.2) is 99.9 Å². The lowest BCUT2D eigenvalue weighted by atomic mass is 9.93. The highest BCUT2D eigenvalue weighted by atomic mass is 16.5. The maximum absolute atomic E-state index is 12.4. The number of hydrogen-bond acceptors (Lipinski definition) is 9. The molecule has 1 amide bonds. The van der Waals surface area contributed by atoms with Crippen molar-refractivity contribution >= 4 is 11.9 Å². The maximum Gasteiger partial charge on any atom is 0.307 e. The molecule has 0 aromatic heterocycles. The molecule has 252 valence electrons. The molecule has 4 rings (SSSR count). The third-order valence-electron chi connectivity index (χ3n) is 8.11. The number of carboxylic acid groups (broad SMARTS) is 1. The number of benzene rings is 2. The summed E-state index contributed by atoms with van der Waals surface area (Å²) in [6, 6.07) is 10.6. The van der Waals surface area contributed by atoms with Gasteiger partial charge in [0.25, 0.3) is 0 Å². The zero-order chi connectivity index (χ0) is 33.0. The average Bonchev–Trinajstić information content (AvgIpc) is 3.06. The molecule has 2 heterocycles. The summed E-state index contributed by atoms with van der Waals surface area (Å²) < 4.78 is 20.5. The number of amides is 1. The zero-order valence-electron chi connectivity index (χ0n) is 27.3. The predicted molar refractivity (Wildman–Crippen MR) is 172 cm³/mol. The largest absolute Gasteiger partial charge is 0.493 e. The molecule has 11 nitrogen and oxygen atoms in total. The maximum atomic E-state index is 12.4. The van der Waals surface area contributed by atoms with Crippen LogP contribution < -0.4 is 24.3 Å². The second kappa shape index (κ2) is 21.2. The SMILES string of the molecule is COc1ccc(CC(=O)N2CCC(CCO)CC2)cc1OC.COc1ccc(CC(=O)O)cc1OC.OCCC1CCNCC1. The van der Waals surface area contributed by atoms with Gasteiger partial charge in [-0.05, 0) is 98.8 Å². The van der Waals surface area contributed by atoms with Gasteiger partial charge >= 0.3 is 5.97 Å². The molecule has 11 heteroatoms. The van der Waals surface area contributed by atoms with Gasteiger partial charge in [-0.15, -0.1) is 0 Å². The number of carboxylic acids is 1. The van der Waals surface area contributed by atoms with E-state index in [0.29, 0.717) is 47.5 Å². The topological polar surface area (TPSA) is 147 Å². The van der Waals surface area contributed by atoms with Crippen molar-refractivity contribution < 1.29 is 43.9 Å². The molecule has 0 radical (unpaired) electrons. The molecule has 2 aliphatic heterocycles. The molecule has 0 saturated carbocycles. The summed E-state index contributed by atoms with van der Waals surface area (Å²) in [5, 5.41) is 29.5. The molecule has 0 atom stereocenters. The van der Waals surface area contributed by atoms with Gasteiger partial charge in [-0.1, -0.05) is 12.1 Å². The number of likely N-dealkylation sites (tertiary alicyclic amines) is 1. The van der Waals surface area contributed by atoms with Gasteiger partial charge < -0.3 is 44.5 Å². The molecule has 45 heavy (non-hydrogen) atoms. The van der Waals surface area contributed by atoms with Crippen molar-refractivity contribution in [3.8, 4) is 23.0 Å². The molecular weight excluding hydrogens is 580 g/mol. The van der Waals surface area contributed by atoms with Crippen LogP contribution in [0.1, 0.15) is 49.7 Å². The number of aliphatic hydroxyl groups excluding tert-OH is 2. The Morgan fingerprint density at radius 2 is 1.16 bits per heavy atom. The van der Waals surface area contributed by atoms with E-state index in [-0.39, 0.29) is 18.9 Å². The van der Waals surface area contributed by atoms with Crippen molar-refractivity contribution in [3.63, 3.8) is 0 Å². The first-order valence-electron chi connectivity index (χ1n) is 15.6. The molecule has 0 aliphatic carbocycles. The van der Waals surface area contributed by atoms with Crippen molar-refractivity contribution in [2.45, 2.75) is 51.4 Å². The highest BCUT2D eigenvalue weighted by Crippen LogP contribution is 2.29. The van der Waals surface area contributed by atoms with Crippen molar-refractivity contribution in [3.05, 3.63) is 47.5 Å². The first kappa shape index (κ1) is 37.6. The minimum Gasteiger partial charge on any atom is -0.493 e. The average molecular weight is 633 g/mol. The predicted octanol–water partition coefficient (Wildman–Crippen LogP) is 3.57. The Balaban J connectivity index is 0.000000261. The number of aliphatic carboxylic acids is 1. The van der Waals surface area contributed by atoms with E-state index in [2.05, 4.69) is 5.32 Å². The molecular formula is C34H52N2O9. The smallest absolute Gasteiger partial charge is 0.307 e. The fourth-order valence-electron chi connectivity index (χ4n) is 5.45. The lowest BCUT2D eigenvalue weighted by Crippen LogP contribution is -2.39. The van der Waals surface area contributed by atoms with Crippen molar-refractivity contribution in [1.82, 2.24) is 10.2 Å². The van der Waals surface area contributed by atoms with Crippen LogP contribution in [-0.2, 0) is 22.4 Å². The monoisotopic (exact) mass is 632 g/mol. The minimum atomic E-state index is -0.864. The number of rotatable bonds is 12. The van der Waals surface area contributed by atoms with E-state index in [0.717, 1.165) is 63.3 Å². The molecule has 0 spiro atoms. The van der Waals surface area contributed by atoms with Gasteiger partial charge in [-0.3, -0.25) is 9.59 Å². The molecule has 2 aromatic rings. The quantitative estimate of drug-likeness (QED) is 0.274. The normalized spacial score (nSPS) is 15.1. The fourth-order valence-corrected chi connectivity index (χ4v) is 5.45. The summed E-state index contributed by atoms with van der Waals surface area (Å²) in [4.78, 5) is 24.8. The van der Waals surface area contributed by atoms with Crippen molar-refractivity contribution in [2.75, 3.05) is 67.8 Å². The minimum absolute atomic E-state index is 0.0135. The summed E-state index contributed by atoms with van der Waals surface area (Å²) in [7, 11) is 6.24. The second-order valence-corrected chi connectivity index (χ2v) is 11.2. The Bertz CT molecular complexity index is 1140. The van der Waals surface area contributed by atoms with E-state index in [9.17, 15) is 9.59 Å². The number of carbonyl (C=O) groups excluding carboxylic acids is 1. The Morgan fingerprint density at radius 3 is 1.58 bits per heavy atom. The summed E-state index contributed by atoms with van der Waals surface area (Å²) in [5.74, 6) is 3.09. The molecule has 2 saturated heterocycles. The number of nitrogens with one attached hydrogen (secondary N) is 1. The van der Waals surface area contributed by atoms with E-state index in [4.69, 9.17) is 34.3 Å². The third-order valence-corrected chi connectivity index (χ3v) is 8.11. The van der Waals surface area contributed by atoms with Crippen LogP contribution in [0.15, 0.2) is 36.4 Å². The van der Waals surface area contributed by atoms with Gasteiger partial charge in [-0.2, -0.15) is 0 Å². The fraction of sp³-hybridized carbons (Fsp3) is 0.588. The van der Waals surface area contributed by atoms with Gasteiger partial charge in [0, 0.05) is 26.3 Å². The first-order chi connectivity index (χ1) is 21.8.